The lowest BCUT2D eigenvalue weighted by Crippen LogP contribution is -2.53. The standard InChI is InChI=1S/C26H31N5O5/c1-26(2)13-18-19(14-27)23(29-22(20(18)16-36-26)21-6-4-12-35-21)30-7-9-31(10-8-30)25(33)24(32)28-15-17-5-3-11-34-17/h4,6,12,17H,3,5,7-11,13,15-16H2,1-2H3,(H,28,32)/t17-/m0/s1. The van der Waals surface area contributed by atoms with Crippen molar-refractivity contribution in [2.24, 2.45) is 0 Å². The molecule has 2 fully saturated rings. The van der Waals surface area contributed by atoms with Gasteiger partial charge in [0, 0.05) is 51.3 Å². The number of rotatable bonds is 4. The Hall–Kier alpha value is -3.42. The first-order valence-corrected chi connectivity index (χ1v) is 12.4. The number of hydrogen-bond acceptors (Lipinski definition) is 8. The summed E-state index contributed by atoms with van der Waals surface area (Å²) in [7, 11) is 0. The van der Waals surface area contributed by atoms with Crippen LogP contribution in [0.1, 0.15) is 43.4 Å². The van der Waals surface area contributed by atoms with Gasteiger partial charge in [-0.05, 0) is 44.4 Å². The Kier molecular flexibility index (Phi) is 6.69. The number of nitrogens with one attached hydrogen (secondary N) is 1. The molecule has 2 saturated heterocycles. The van der Waals surface area contributed by atoms with Crippen molar-refractivity contribution in [2.75, 3.05) is 44.2 Å². The van der Waals surface area contributed by atoms with Gasteiger partial charge in [-0.25, -0.2) is 4.98 Å². The van der Waals surface area contributed by atoms with Crippen molar-refractivity contribution in [3.05, 3.63) is 35.1 Å². The number of ether oxygens (including phenoxy) is 2. The summed E-state index contributed by atoms with van der Waals surface area (Å²) in [6, 6.07) is 6.04. The number of amides is 2. The largest absolute Gasteiger partial charge is 0.463 e. The molecule has 10 heteroatoms. The highest BCUT2D eigenvalue weighted by Crippen LogP contribution is 2.39. The van der Waals surface area contributed by atoms with Crippen LogP contribution >= 0.6 is 0 Å². The minimum atomic E-state index is -0.606. The minimum absolute atomic E-state index is 0.0168. The van der Waals surface area contributed by atoms with Gasteiger partial charge in [0.1, 0.15) is 17.6 Å². The van der Waals surface area contributed by atoms with Crippen LogP contribution in [0.25, 0.3) is 11.5 Å². The predicted octanol–water partition coefficient (Wildman–Crippen LogP) is 2.01. The van der Waals surface area contributed by atoms with E-state index in [4.69, 9.17) is 18.9 Å². The van der Waals surface area contributed by atoms with E-state index in [2.05, 4.69) is 11.4 Å². The molecule has 1 N–H and O–H groups in total. The molecule has 3 aliphatic heterocycles. The van der Waals surface area contributed by atoms with E-state index in [1.807, 2.05) is 30.9 Å². The van der Waals surface area contributed by atoms with Crippen LogP contribution in [-0.4, -0.2) is 72.7 Å². The molecule has 1 atom stereocenters. The van der Waals surface area contributed by atoms with Gasteiger partial charge >= 0.3 is 11.8 Å². The number of carbonyl (C=O) groups is 2. The molecule has 0 radical (unpaired) electrons. The Morgan fingerprint density at radius 1 is 1.25 bits per heavy atom. The average molecular weight is 494 g/mol. The maximum Gasteiger partial charge on any atom is 0.312 e. The quantitative estimate of drug-likeness (QED) is 0.642. The lowest BCUT2D eigenvalue weighted by atomic mass is 9.87. The maximum atomic E-state index is 12.7. The minimum Gasteiger partial charge on any atom is -0.463 e. The summed E-state index contributed by atoms with van der Waals surface area (Å²) in [6.45, 7) is 7.07. The average Bonchev–Trinajstić information content (AvgIpc) is 3.60. The maximum absolute atomic E-state index is 12.7. The summed E-state index contributed by atoms with van der Waals surface area (Å²) in [4.78, 5) is 33.6. The highest BCUT2D eigenvalue weighted by Gasteiger charge is 2.35. The number of pyridine rings is 1. The van der Waals surface area contributed by atoms with E-state index in [1.165, 1.54) is 0 Å². The van der Waals surface area contributed by atoms with E-state index < -0.39 is 17.4 Å². The third-order valence-corrected chi connectivity index (χ3v) is 7.04. The molecule has 0 unspecified atom stereocenters. The van der Waals surface area contributed by atoms with E-state index >= 15 is 0 Å². The number of aromatic nitrogens is 1. The zero-order chi connectivity index (χ0) is 25.3. The number of nitrogens with zero attached hydrogens (tertiary/aromatic N) is 4. The number of piperazine rings is 1. The molecule has 2 amide bonds. The van der Waals surface area contributed by atoms with Gasteiger partial charge in [0.15, 0.2) is 5.76 Å². The third-order valence-electron chi connectivity index (χ3n) is 7.04. The Labute approximate surface area is 210 Å². The van der Waals surface area contributed by atoms with Gasteiger partial charge in [0.05, 0.1) is 30.1 Å². The summed E-state index contributed by atoms with van der Waals surface area (Å²) in [5.41, 5.74) is 2.61. The second-order valence-electron chi connectivity index (χ2n) is 10.1. The molecule has 0 aromatic carbocycles. The summed E-state index contributed by atoms with van der Waals surface area (Å²) in [5, 5.41) is 12.9. The molecule has 2 aromatic rings. The van der Waals surface area contributed by atoms with Gasteiger partial charge in [-0.1, -0.05) is 0 Å². The molecular weight excluding hydrogens is 462 g/mol. The monoisotopic (exact) mass is 493 g/mol. The summed E-state index contributed by atoms with van der Waals surface area (Å²) in [6.07, 6.45) is 4.04. The van der Waals surface area contributed by atoms with Crippen LogP contribution in [0.2, 0.25) is 0 Å². The van der Waals surface area contributed by atoms with Crippen molar-refractivity contribution in [2.45, 2.75) is 51.4 Å². The van der Waals surface area contributed by atoms with Crippen molar-refractivity contribution < 1.29 is 23.5 Å². The van der Waals surface area contributed by atoms with Gasteiger partial charge in [-0.15, -0.1) is 0 Å². The molecule has 5 rings (SSSR count). The first kappa shape index (κ1) is 24.3. The topological polar surface area (TPSA) is 121 Å². The van der Waals surface area contributed by atoms with Crippen LogP contribution in [0.4, 0.5) is 5.82 Å². The summed E-state index contributed by atoms with van der Waals surface area (Å²) >= 11 is 0. The van der Waals surface area contributed by atoms with Crippen molar-refractivity contribution in [1.82, 2.24) is 15.2 Å². The number of carbonyl (C=O) groups excluding carboxylic acids is 2. The highest BCUT2D eigenvalue weighted by atomic mass is 16.5. The van der Waals surface area contributed by atoms with Gasteiger partial charge in [-0.2, -0.15) is 5.26 Å². The fourth-order valence-electron chi connectivity index (χ4n) is 5.07. The van der Waals surface area contributed by atoms with Crippen LogP contribution in [-0.2, 0) is 32.1 Å². The first-order chi connectivity index (χ1) is 17.4. The predicted molar refractivity (Wildman–Crippen MR) is 130 cm³/mol. The first-order valence-electron chi connectivity index (χ1n) is 12.4. The molecule has 36 heavy (non-hydrogen) atoms. The normalized spacial score (nSPS) is 21.1. The number of nitriles is 1. The zero-order valence-electron chi connectivity index (χ0n) is 20.7. The molecule has 0 aliphatic carbocycles. The molecular formula is C26H31N5O5. The summed E-state index contributed by atoms with van der Waals surface area (Å²) in [5.74, 6) is 0.0555. The molecule has 2 aromatic heterocycles. The third kappa shape index (κ3) is 4.81. The lowest BCUT2D eigenvalue weighted by molar-refractivity contribution is -0.146. The Bertz CT molecular complexity index is 1170. The van der Waals surface area contributed by atoms with Crippen LogP contribution in [0.5, 0.6) is 0 Å². The van der Waals surface area contributed by atoms with E-state index in [9.17, 15) is 14.9 Å². The van der Waals surface area contributed by atoms with E-state index in [-0.39, 0.29) is 6.10 Å². The van der Waals surface area contributed by atoms with E-state index in [0.29, 0.717) is 75.2 Å². The molecule has 10 nitrogen and oxygen atoms in total. The van der Waals surface area contributed by atoms with Crippen molar-refractivity contribution in [1.29, 1.82) is 5.26 Å². The van der Waals surface area contributed by atoms with Crippen molar-refractivity contribution in [3.8, 4) is 17.5 Å². The van der Waals surface area contributed by atoms with Gasteiger partial charge < -0.3 is 29.0 Å². The smallest absolute Gasteiger partial charge is 0.312 e. The zero-order valence-corrected chi connectivity index (χ0v) is 20.7. The fraction of sp³-hybridized carbons (Fsp3) is 0.538. The number of anilines is 1. The second-order valence-corrected chi connectivity index (χ2v) is 10.1. The van der Waals surface area contributed by atoms with E-state index in [0.717, 1.165) is 24.0 Å². The molecule has 0 saturated carbocycles. The Morgan fingerprint density at radius 2 is 2.06 bits per heavy atom. The second kappa shape index (κ2) is 9.91. The van der Waals surface area contributed by atoms with Crippen LogP contribution < -0.4 is 10.2 Å². The van der Waals surface area contributed by atoms with Crippen LogP contribution in [0.3, 0.4) is 0 Å². The number of fused-ring (bicyclic) bond motifs is 1. The molecule has 5 heterocycles. The van der Waals surface area contributed by atoms with Crippen molar-refractivity contribution in [3.63, 3.8) is 0 Å². The number of hydrogen-bond donors (Lipinski definition) is 1. The molecule has 0 spiro atoms. The Balaban J connectivity index is 1.34. The van der Waals surface area contributed by atoms with Crippen LogP contribution in [0.15, 0.2) is 22.8 Å². The SMILES string of the molecule is CC1(C)Cc2c(C#N)c(N3CCN(C(=O)C(=O)NC[C@@H]4CCCO4)CC3)nc(-c3ccco3)c2CO1. The van der Waals surface area contributed by atoms with Gasteiger partial charge in [0.2, 0.25) is 0 Å². The summed E-state index contributed by atoms with van der Waals surface area (Å²) < 4.78 is 17.2. The molecule has 0 bridgehead atoms. The number of furan rings is 1. The Morgan fingerprint density at radius 3 is 2.72 bits per heavy atom. The van der Waals surface area contributed by atoms with Crippen LogP contribution in [0, 0.1) is 11.3 Å². The highest BCUT2D eigenvalue weighted by molar-refractivity contribution is 6.35. The van der Waals surface area contributed by atoms with Gasteiger partial charge in [0.25, 0.3) is 0 Å². The van der Waals surface area contributed by atoms with Crippen molar-refractivity contribution >= 4 is 17.6 Å². The van der Waals surface area contributed by atoms with Gasteiger partial charge in [-0.3, -0.25) is 9.59 Å². The van der Waals surface area contributed by atoms with E-state index in [1.54, 1.807) is 11.2 Å². The molecule has 190 valence electrons. The lowest BCUT2D eigenvalue weighted by Gasteiger charge is -2.38. The molecule has 3 aliphatic rings. The fourth-order valence-corrected chi connectivity index (χ4v) is 5.07.